The van der Waals surface area contributed by atoms with Gasteiger partial charge in [-0.2, -0.15) is 0 Å². The summed E-state index contributed by atoms with van der Waals surface area (Å²) in [6.07, 6.45) is 1.55. The molecule has 2 heterocycles. The molecule has 0 saturated carbocycles. The molecule has 3 aromatic rings. The number of pyridine rings is 1. The van der Waals surface area contributed by atoms with E-state index in [2.05, 4.69) is 26.3 Å². The van der Waals surface area contributed by atoms with Crippen LogP contribution in [0.3, 0.4) is 0 Å². The molecule has 0 fully saturated rings. The number of aromatic nitrogens is 1. The van der Waals surface area contributed by atoms with E-state index in [9.17, 15) is 18.8 Å². The smallest absolute Gasteiger partial charge is 0.412 e. The monoisotopic (exact) mass is 570 g/mol. The van der Waals surface area contributed by atoms with Crippen LogP contribution < -0.4 is 21.3 Å². The van der Waals surface area contributed by atoms with Crippen LogP contribution in [0.2, 0.25) is 0 Å². The number of halogens is 1. The van der Waals surface area contributed by atoms with Gasteiger partial charge in [0.15, 0.2) is 0 Å². The van der Waals surface area contributed by atoms with E-state index in [0.717, 1.165) is 11.1 Å². The summed E-state index contributed by atoms with van der Waals surface area (Å²) < 4.78 is 18.4. The summed E-state index contributed by atoms with van der Waals surface area (Å²) in [5, 5.41) is 14.5. The van der Waals surface area contributed by atoms with E-state index >= 15 is 0 Å². The Morgan fingerprint density at radius 1 is 1.02 bits per heavy atom. The lowest BCUT2D eigenvalue weighted by molar-refractivity contribution is 0.0635. The van der Waals surface area contributed by atoms with Crippen molar-refractivity contribution in [2.24, 2.45) is 0 Å². The maximum Gasteiger partial charge on any atom is 0.412 e. The van der Waals surface area contributed by atoms with Crippen LogP contribution in [0.1, 0.15) is 54.8 Å². The number of ether oxygens (including phenoxy) is 1. The lowest BCUT2D eigenvalue weighted by Gasteiger charge is -2.21. The number of nitrogens with one attached hydrogen (secondary N) is 4. The van der Waals surface area contributed by atoms with Gasteiger partial charge in [-0.15, -0.1) is 11.3 Å². The molecule has 0 spiro atoms. The van der Waals surface area contributed by atoms with E-state index in [-0.39, 0.29) is 30.1 Å². The third-order valence-electron chi connectivity index (χ3n) is 5.50. The van der Waals surface area contributed by atoms with Crippen molar-refractivity contribution in [3.8, 4) is 0 Å². The zero-order valence-electron chi connectivity index (χ0n) is 23.2. The second kappa shape index (κ2) is 13.9. The lowest BCUT2D eigenvalue weighted by atomic mass is 10.1. The summed E-state index contributed by atoms with van der Waals surface area (Å²) in [6.45, 7) is 6.24. The molecule has 1 unspecified atom stereocenters. The molecule has 4 N–H and O–H groups in total. The molecule has 4 amide bonds. The maximum absolute atomic E-state index is 13.1. The Morgan fingerprint density at radius 2 is 1.70 bits per heavy atom. The normalized spacial score (nSPS) is 12.0. The zero-order chi connectivity index (χ0) is 29.3. The van der Waals surface area contributed by atoms with Gasteiger partial charge in [0, 0.05) is 23.5 Å². The predicted molar refractivity (Wildman–Crippen MR) is 154 cm³/mol. The molecular weight excluding hydrogens is 535 g/mol. The summed E-state index contributed by atoms with van der Waals surface area (Å²) in [6, 6.07) is 8.50. The summed E-state index contributed by atoms with van der Waals surface area (Å²) >= 11 is 1.31. The minimum atomic E-state index is -0.655. The number of rotatable bonds is 10. The molecule has 0 radical (unpaired) electrons. The Morgan fingerprint density at radius 3 is 2.30 bits per heavy atom. The van der Waals surface area contributed by atoms with Gasteiger partial charge in [-0.1, -0.05) is 18.2 Å². The Kier molecular flexibility index (Phi) is 10.6. The molecule has 0 bridgehead atoms. The van der Waals surface area contributed by atoms with Gasteiger partial charge in [0.1, 0.15) is 17.1 Å². The van der Waals surface area contributed by atoms with Gasteiger partial charge in [0.25, 0.3) is 5.91 Å². The molecule has 0 aliphatic heterocycles. The first-order chi connectivity index (χ1) is 18.9. The van der Waals surface area contributed by atoms with Crippen LogP contribution in [-0.4, -0.2) is 54.2 Å². The van der Waals surface area contributed by atoms with Gasteiger partial charge >= 0.3 is 12.1 Å². The number of hydrogen-bond acceptors (Lipinski definition) is 7. The number of amides is 4. The number of hydrogen-bond donors (Lipinski definition) is 4. The molecule has 2 aromatic heterocycles. The van der Waals surface area contributed by atoms with Gasteiger partial charge in [0.05, 0.1) is 17.4 Å². The largest absolute Gasteiger partial charge is 0.444 e. The first kappa shape index (κ1) is 30.5. The summed E-state index contributed by atoms with van der Waals surface area (Å²) in [4.78, 5) is 43.9. The summed E-state index contributed by atoms with van der Waals surface area (Å²) in [5.41, 5.74) is 1.87. The zero-order valence-corrected chi connectivity index (χ0v) is 24.0. The van der Waals surface area contributed by atoms with Crippen molar-refractivity contribution in [1.29, 1.82) is 0 Å². The summed E-state index contributed by atoms with van der Waals surface area (Å²) in [7, 11) is 3.88. The fourth-order valence-electron chi connectivity index (χ4n) is 3.54. The van der Waals surface area contributed by atoms with Crippen molar-refractivity contribution >= 4 is 40.7 Å². The quantitative estimate of drug-likeness (QED) is 0.260. The third-order valence-corrected chi connectivity index (χ3v) is 6.25. The third kappa shape index (κ3) is 9.93. The molecule has 214 valence electrons. The number of nitrogens with zero attached hydrogens (tertiary/aromatic N) is 2. The highest BCUT2D eigenvalue weighted by Crippen LogP contribution is 2.28. The number of thiophene rings is 1. The van der Waals surface area contributed by atoms with Crippen LogP contribution in [0.25, 0.3) is 0 Å². The fraction of sp³-hybridized carbons (Fsp3) is 0.357. The lowest BCUT2D eigenvalue weighted by Crippen LogP contribution is -2.38. The first-order valence-corrected chi connectivity index (χ1v) is 13.6. The van der Waals surface area contributed by atoms with Gasteiger partial charge in [-0.05, 0) is 77.2 Å². The Hall–Kier alpha value is -4.03. The first-order valence-electron chi connectivity index (χ1n) is 12.7. The number of anilines is 2. The average molecular weight is 571 g/mol. The second-order valence-electron chi connectivity index (χ2n) is 10.4. The molecule has 1 aromatic carbocycles. The SMILES string of the molecule is CN(C)CCC(NC(=O)NCc1ccc(F)cc1)c1ccc(C(=O)Nc2cscc2NC(=O)OC(C)(C)C)nc1. The van der Waals surface area contributed by atoms with Crippen molar-refractivity contribution < 1.29 is 23.5 Å². The van der Waals surface area contributed by atoms with E-state index < -0.39 is 17.6 Å². The molecule has 1 atom stereocenters. The molecule has 0 aliphatic rings. The van der Waals surface area contributed by atoms with Gasteiger partial charge in [-0.25, -0.2) is 14.0 Å². The molecule has 10 nitrogen and oxygen atoms in total. The Labute approximate surface area is 237 Å². The van der Waals surface area contributed by atoms with Crippen molar-refractivity contribution in [3.63, 3.8) is 0 Å². The Bertz CT molecular complexity index is 1290. The molecule has 40 heavy (non-hydrogen) atoms. The topological polar surface area (TPSA) is 125 Å². The van der Waals surface area contributed by atoms with Crippen LogP contribution >= 0.6 is 11.3 Å². The van der Waals surface area contributed by atoms with Crippen LogP contribution in [0, 0.1) is 5.82 Å². The molecule has 0 saturated heterocycles. The molecule has 3 rings (SSSR count). The van der Waals surface area contributed by atoms with Gasteiger partial charge in [-0.3, -0.25) is 15.1 Å². The van der Waals surface area contributed by atoms with Gasteiger partial charge in [0.2, 0.25) is 0 Å². The van der Waals surface area contributed by atoms with E-state index in [1.54, 1.807) is 62.0 Å². The van der Waals surface area contributed by atoms with Crippen molar-refractivity contribution in [3.05, 3.63) is 76.0 Å². The van der Waals surface area contributed by atoms with Gasteiger partial charge < -0.3 is 25.6 Å². The number of benzene rings is 1. The predicted octanol–water partition coefficient (Wildman–Crippen LogP) is 5.37. The van der Waals surface area contributed by atoms with Crippen molar-refractivity contribution in [2.45, 2.75) is 45.4 Å². The second-order valence-corrected chi connectivity index (χ2v) is 11.1. The molecular formula is C28H35FN6O4S. The molecule has 12 heteroatoms. The average Bonchev–Trinajstić information content (AvgIpc) is 3.31. The van der Waals surface area contributed by atoms with E-state index in [0.29, 0.717) is 24.3 Å². The number of carbonyl (C=O) groups excluding carboxylic acids is 3. The standard InChI is InChI=1S/C28H35FN6O4S/c1-28(2,3)39-27(38)34-24-17-40-16-23(24)32-25(36)22-11-8-19(15-30-22)21(12-13-35(4)5)33-26(37)31-14-18-6-9-20(29)10-7-18/h6-11,15-17,21H,12-14H2,1-5H3,(H,32,36)(H,34,38)(H2,31,33,37). The van der Waals surface area contributed by atoms with Crippen LogP contribution in [0.4, 0.5) is 25.4 Å². The Balaban J connectivity index is 1.63. The fourth-order valence-corrected chi connectivity index (χ4v) is 4.25. The van der Waals surface area contributed by atoms with Crippen LogP contribution in [0.5, 0.6) is 0 Å². The highest BCUT2D eigenvalue weighted by molar-refractivity contribution is 7.09. The molecule has 0 aliphatic carbocycles. The van der Waals surface area contributed by atoms with Crippen molar-refractivity contribution in [1.82, 2.24) is 20.5 Å². The number of urea groups is 1. The van der Waals surface area contributed by atoms with E-state index in [1.807, 2.05) is 19.0 Å². The minimum Gasteiger partial charge on any atom is -0.444 e. The minimum absolute atomic E-state index is 0.172. The van der Waals surface area contributed by atoms with Crippen LogP contribution in [0.15, 0.2) is 53.4 Å². The van der Waals surface area contributed by atoms with Crippen LogP contribution in [-0.2, 0) is 11.3 Å². The number of carbonyl (C=O) groups is 3. The van der Waals surface area contributed by atoms with E-state index in [1.165, 1.54) is 23.5 Å². The van der Waals surface area contributed by atoms with Crippen molar-refractivity contribution in [2.75, 3.05) is 31.3 Å². The highest BCUT2D eigenvalue weighted by atomic mass is 32.1. The summed E-state index contributed by atoms with van der Waals surface area (Å²) in [5.74, 6) is -0.790. The highest BCUT2D eigenvalue weighted by Gasteiger charge is 2.20. The van der Waals surface area contributed by atoms with E-state index in [4.69, 9.17) is 4.74 Å². The maximum atomic E-state index is 13.1.